The summed E-state index contributed by atoms with van der Waals surface area (Å²) in [5.41, 5.74) is 1.30. The third-order valence-electron chi connectivity index (χ3n) is 5.07. The summed E-state index contributed by atoms with van der Waals surface area (Å²) in [6, 6.07) is 3.29. The Bertz CT molecular complexity index is 892. The first kappa shape index (κ1) is 21.7. The number of aromatic nitrogens is 3. The van der Waals surface area contributed by atoms with Gasteiger partial charge in [-0.2, -0.15) is 4.98 Å². The Balaban J connectivity index is 1.57. The number of hydrogen-bond donors (Lipinski definition) is 1. The van der Waals surface area contributed by atoms with Gasteiger partial charge < -0.3 is 24.1 Å². The summed E-state index contributed by atoms with van der Waals surface area (Å²) < 4.78 is 26.0. The van der Waals surface area contributed by atoms with Crippen LogP contribution in [0.5, 0.6) is 6.01 Å². The van der Waals surface area contributed by atoms with Crippen LogP contribution in [-0.2, 0) is 20.9 Å². The van der Waals surface area contributed by atoms with Crippen molar-refractivity contribution in [1.82, 2.24) is 14.5 Å². The van der Waals surface area contributed by atoms with Crippen molar-refractivity contribution in [3.8, 4) is 6.01 Å². The molecule has 0 amide bonds. The molecule has 0 saturated carbocycles. The minimum atomic E-state index is -1.19. The Hall–Kier alpha value is -0.503. The number of pyridine rings is 1. The number of nitrogens with zero attached hydrogens (tertiary/aromatic N) is 3. The van der Waals surface area contributed by atoms with Crippen LogP contribution in [0.15, 0.2) is 6.07 Å². The van der Waals surface area contributed by atoms with Crippen molar-refractivity contribution in [2.45, 2.75) is 56.8 Å². The van der Waals surface area contributed by atoms with E-state index in [0.29, 0.717) is 40.3 Å². The summed E-state index contributed by atoms with van der Waals surface area (Å²) in [6.45, 7) is 8.49. The lowest BCUT2D eigenvalue weighted by Gasteiger charge is -2.19. The lowest BCUT2D eigenvalue weighted by molar-refractivity contribution is 0.00339. The predicted octanol–water partition coefficient (Wildman–Crippen LogP) is 2.91. The molecule has 4 rings (SSSR count). The fourth-order valence-corrected chi connectivity index (χ4v) is 4.70. The van der Waals surface area contributed by atoms with E-state index in [1.54, 1.807) is 0 Å². The monoisotopic (exact) mass is 553 g/mol. The smallest absolute Gasteiger partial charge is 0.301 e. The third-order valence-corrected chi connectivity index (χ3v) is 8.21. The average molecular weight is 554 g/mol. The maximum atomic E-state index is 9.95. The van der Waals surface area contributed by atoms with Gasteiger partial charge in [0.15, 0.2) is 11.8 Å². The molecule has 1 N–H and O–H groups in total. The van der Waals surface area contributed by atoms with Crippen molar-refractivity contribution in [3.63, 3.8) is 0 Å². The van der Waals surface area contributed by atoms with Gasteiger partial charge in [0, 0.05) is 14.7 Å². The molecule has 0 spiro atoms. The number of aliphatic hydroxyl groups excluding tert-OH is 1. The van der Waals surface area contributed by atoms with E-state index in [1.807, 2.05) is 10.6 Å². The van der Waals surface area contributed by atoms with Gasteiger partial charge in [0.25, 0.3) is 0 Å². The molecule has 160 valence electrons. The van der Waals surface area contributed by atoms with Gasteiger partial charge in [0.1, 0.15) is 28.7 Å². The maximum Gasteiger partial charge on any atom is 0.301 e. The molecule has 2 aromatic heterocycles. The molecule has 1 unspecified atom stereocenters. The third kappa shape index (κ3) is 4.73. The largest absolute Gasteiger partial charge is 0.456 e. The van der Waals surface area contributed by atoms with E-state index >= 15 is 0 Å². The summed E-state index contributed by atoms with van der Waals surface area (Å²) in [7, 11) is -1.19. The standard InChI is InChI=1S/C18H25ClIN3O5Si/c1-29(2,3)5-4-25-9-23-11-6-10(19)16(20)21-17(11)22-18(23)28-13-8-27-14-12(24)7-26-15(13)14/h6,12-15,24H,4-5,7-9H2,1-3H3/t12?,13-,14-,15-/m1/s1. The predicted molar refractivity (Wildman–Crippen MR) is 119 cm³/mol. The van der Waals surface area contributed by atoms with Gasteiger partial charge in [-0.15, -0.1) is 0 Å². The van der Waals surface area contributed by atoms with Crippen LogP contribution >= 0.6 is 34.2 Å². The van der Waals surface area contributed by atoms with E-state index < -0.39 is 14.2 Å². The van der Waals surface area contributed by atoms with Crippen LogP contribution in [0.25, 0.3) is 11.2 Å². The second-order valence-electron chi connectivity index (χ2n) is 8.59. The van der Waals surface area contributed by atoms with Gasteiger partial charge >= 0.3 is 6.01 Å². The van der Waals surface area contributed by atoms with Crippen LogP contribution in [0, 0.1) is 3.70 Å². The fourth-order valence-electron chi connectivity index (χ4n) is 3.41. The zero-order chi connectivity index (χ0) is 20.8. The fraction of sp³-hybridized carbons (Fsp3) is 0.667. The number of imidazole rings is 1. The average Bonchev–Trinajstić information content (AvgIpc) is 3.29. The molecule has 2 aromatic rings. The minimum absolute atomic E-state index is 0.251. The van der Waals surface area contributed by atoms with Gasteiger partial charge in [0.2, 0.25) is 0 Å². The second kappa shape index (κ2) is 8.56. The van der Waals surface area contributed by atoms with Crippen molar-refractivity contribution < 1.29 is 24.1 Å². The molecule has 0 aliphatic carbocycles. The first-order valence-corrected chi connectivity index (χ1v) is 14.8. The van der Waals surface area contributed by atoms with E-state index in [4.69, 9.17) is 30.5 Å². The highest BCUT2D eigenvalue weighted by Crippen LogP contribution is 2.32. The zero-order valence-electron chi connectivity index (χ0n) is 16.6. The minimum Gasteiger partial charge on any atom is -0.456 e. The number of rotatable bonds is 7. The van der Waals surface area contributed by atoms with E-state index in [0.717, 1.165) is 11.6 Å². The van der Waals surface area contributed by atoms with Crippen LogP contribution in [0.2, 0.25) is 30.7 Å². The number of hydrogen-bond acceptors (Lipinski definition) is 7. The van der Waals surface area contributed by atoms with Crippen LogP contribution in [0.1, 0.15) is 0 Å². The molecule has 0 bridgehead atoms. The second-order valence-corrected chi connectivity index (χ2v) is 15.6. The molecule has 11 heteroatoms. The maximum absolute atomic E-state index is 9.95. The van der Waals surface area contributed by atoms with E-state index in [9.17, 15) is 5.11 Å². The molecule has 29 heavy (non-hydrogen) atoms. The summed E-state index contributed by atoms with van der Waals surface area (Å²) in [5.74, 6) is 0. The Morgan fingerprint density at radius 1 is 1.28 bits per heavy atom. The highest BCUT2D eigenvalue weighted by atomic mass is 127. The van der Waals surface area contributed by atoms with Gasteiger partial charge in [-0.05, 0) is 34.7 Å². The molecule has 2 aliphatic heterocycles. The van der Waals surface area contributed by atoms with Gasteiger partial charge in [-0.25, -0.2) is 4.98 Å². The summed E-state index contributed by atoms with van der Waals surface area (Å²) in [5, 5.41) is 10.5. The first-order chi connectivity index (χ1) is 13.7. The number of aliphatic hydroxyl groups is 1. The number of halogens is 2. The molecule has 0 radical (unpaired) electrons. The molecular weight excluding hydrogens is 529 g/mol. The Kier molecular flexibility index (Phi) is 6.41. The highest BCUT2D eigenvalue weighted by molar-refractivity contribution is 14.1. The molecule has 4 atom stereocenters. The van der Waals surface area contributed by atoms with E-state index in [-0.39, 0.29) is 24.9 Å². The lowest BCUT2D eigenvalue weighted by Crippen LogP contribution is -2.35. The Morgan fingerprint density at radius 2 is 2.03 bits per heavy atom. The SMILES string of the molecule is C[Si](C)(C)CCOCn1c(O[C@@H]2CO[C@@H]3C(O)CO[C@@H]32)nc2nc(I)c(Cl)cc21. The van der Waals surface area contributed by atoms with Crippen LogP contribution in [0.3, 0.4) is 0 Å². The van der Waals surface area contributed by atoms with Gasteiger partial charge in [-0.1, -0.05) is 31.2 Å². The quantitative estimate of drug-likeness (QED) is 0.244. The molecule has 8 nitrogen and oxygen atoms in total. The zero-order valence-corrected chi connectivity index (χ0v) is 20.5. The van der Waals surface area contributed by atoms with Gasteiger partial charge in [0.05, 0.1) is 23.8 Å². The van der Waals surface area contributed by atoms with Crippen molar-refractivity contribution in [2.75, 3.05) is 19.8 Å². The Labute approximate surface area is 189 Å². The normalized spacial score (nSPS) is 27.0. The summed E-state index contributed by atoms with van der Waals surface area (Å²) in [6.07, 6.45) is -1.66. The summed E-state index contributed by atoms with van der Waals surface area (Å²) >= 11 is 8.38. The molecule has 2 fully saturated rings. The van der Waals surface area contributed by atoms with Crippen molar-refractivity contribution in [1.29, 1.82) is 0 Å². The summed E-state index contributed by atoms with van der Waals surface area (Å²) in [4.78, 5) is 9.03. The molecule has 2 saturated heterocycles. The number of ether oxygens (including phenoxy) is 4. The van der Waals surface area contributed by atoms with E-state index in [1.165, 1.54) is 0 Å². The molecule has 0 aromatic carbocycles. The van der Waals surface area contributed by atoms with Gasteiger partial charge in [-0.3, -0.25) is 4.57 Å². The van der Waals surface area contributed by atoms with E-state index in [2.05, 4.69) is 52.2 Å². The molecular formula is C18H25ClIN3O5Si. The topological polar surface area (TPSA) is 87.9 Å². The van der Waals surface area contributed by atoms with Crippen molar-refractivity contribution in [3.05, 3.63) is 14.8 Å². The number of fused-ring (bicyclic) bond motifs is 2. The Morgan fingerprint density at radius 3 is 2.79 bits per heavy atom. The van der Waals surface area contributed by atoms with Crippen LogP contribution < -0.4 is 4.74 Å². The van der Waals surface area contributed by atoms with Crippen molar-refractivity contribution >= 4 is 53.4 Å². The van der Waals surface area contributed by atoms with Crippen LogP contribution in [-0.4, -0.2) is 72.0 Å². The lowest BCUT2D eigenvalue weighted by atomic mass is 10.1. The highest BCUT2D eigenvalue weighted by Gasteiger charge is 2.48. The molecule has 2 aliphatic rings. The van der Waals surface area contributed by atoms with Crippen LogP contribution in [0.4, 0.5) is 0 Å². The molecule has 4 heterocycles. The first-order valence-electron chi connectivity index (χ1n) is 9.61. The van der Waals surface area contributed by atoms with Crippen molar-refractivity contribution in [2.24, 2.45) is 0 Å².